The van der Waals surface area contributed by atoms with Crippen molar-refractivity contribution in [3.63, 3.8) is 0 Å². The Kier molecular flexibility index (Phi) is 4.68. The summed E-state index contributed by atoms with van der Waals surface area (Å²) >= 11 is 9.38. The number of hydrogen-bond donors (Lipinski definition) is 1. The smallest absolute Gasteiger partial charge is 0.231 e. The Bertz CT molecular complexity index is 631. The van der Waals surface area contributed by atoms with Crippen molar-refractivity contribution >= 4 is 27.5 Å². The standard InChI is InChI=1S/C16H15BrClNO2/c17-14-7-12(8-15-16(14)21-10-20-15)9-19-6-5-11-1-3-13(18)4-2-11/h1-4,7-8,19H,5-6,9-10H2. The maximum absolute atomic E-state index is 5.87. The maximum Gasteiger partial charge on any atom is 0.231 e. The van der Waals surface area contributed by atoms with Gasteiger partial charge in [-0.2, -0.15) is 0 Å². The van der Waals surface area contributed by atoms with Crippen molar-refractivity contribution in [1.29, 1.82) is 0 Å². The minimum absolute atomic E-state index is 0.293. The molecule has 1 N–H and O–H groups in total. The molecule has 0 fully saturated rings. The van der Waals surface area contributed by atoms with Crippen LogP contribution in [0.2, 0.25) is 5.02 Å². The van der Waals surface area contributed by atoms with Crippen LogP contribution in [0.4, 0.5) is 0 Å². The summed E-state index contributed by atoms with van der Waals surface area (Å²) in [7, 11) is 0. The molecule has 1 heterocycles. The monoisotopic (exact) mass is 367 g/mol. The molecule has 0 spiro atoms. The molecule has 0 unspecified atom stereocenters. The van der Waals surface area contributed by atoms with Gasteiger partial charge in [0.2, 0.25) is 6.79 Å². The molecule has 2 aromatic rings. The van der Waals surface area contributed by atoms with Crippen molar-refractivity contribution in [1.82, 2.24) is 5.32 Å². The molecule has 3 rings (SSSR count). The van der Waals surface area contributed by atoms with Crippen molar-refractivity contribution in [3.8, 4) is 11.5 Å². The first kappa shape index (κ1) is 14.7. The van der Waals surface area contributed by atoms with E-state index in [9.17, 15) is 0 Å². The van der Waals surface area contributed by atoms with Crippen molar-refractivity contribution in [2.45, 2.75) is 13.0 Å². The lowest BCUT2D eigenvalue weighted by Gasteiger charge is -2.07. The first-order valence-electron chi connectivity index (χ1n) is 6.75. The summed E-state index contributed by atoms with van der Waals surface area (Å²) in [5.74, 6) is 1.60. The van der Waals surface area contributed by atoms with E-state index in [1.807, 2.05) is 18.2 Å². The summed E-state index contributed by atoms with van der Waals surface area (Å²) in [5, 5.41) is 4.21. The third-order valence-electron chi connectivity index (χ3n) is 3.32. The number of ether oxygens (including phenoxy) is 2. The van der Waals surface area contributed by atoms with Crippen LogP contribution in [-0.4, -0.2) is 13.3 Å². The highest BCUT2D eigenvalue weighted by Crippen LogP contribution is 2.39. The van der Waals surface area contributed by atoms with Crippen LogP contribution in [0.3, 0.4) is 0 Å². The van der Waals surface area contributed by atoms with Gasteiger partial charge in [-0.3, -0.25) is 0 Å². The van der Waals surface area contributed by atoms with E-state index >= 15 is 0 Å². The quantitative estimate of drug-likeness (QED) is 0.804. The molecule has 5 heteroatoms. The fourth-order valence-electron chi connectivity index (χ4n) is 2.24. The number of rotatable bonds is 5. The third kappa shape index (κ3) is 3.70. The van der Waals surface area contributed by atoms with Crippen LogP contribution < -0.4 is 14.8 Å². The summed E-state index contributed by atoms with van der Waals surface area (Å²) in [6.45, 7) is 2.00. The summed E-state index contributed by atoms with van der Waals surface area (Å²) in [6, 6.07) is 12.0. The van der Waals surface area contributed by atoms with Crippen molar-refractivity contribution in [2.24, 2.45) is 0 Å². The lowest BCUT2D eigenvalue weighted by atomic mass is 10.1. The Morgan fingerprint density at radius 3 is 2.71 bits per heavy atom. The molecule has 0 radical (unpaired) electrons. The SMILES string of the molecule is Clc1ccc(CCNCc2cc(Br)c3c(c2)OCO3)cc1. The second kappa shape index (κ2) is 6.69. The molecule has 0 bridgehead atoms. The molecule has 1 aliphatic heterocycles. The van der Waals surface area contributed by atoms with Gasteiger partial charge >= 0.3 is 0 Å². The van der Waals surface area contributed by atoms with E-state index in [0.717, 1.165) is 40.5 Å². The molecule has 110 valence electrons. The van der Waals surface area contributed by atoms with E-state index in [0.29, 0.717) is 6.79 Å². The normalized spacial score (nSPS) is 12.7. The molecule has 0 saturated carbocycles. The predicted molar refractivity (Wildman–Crippen MR) is 87.1 cm³/mol. The molecular weight excluding hydrogens is 354 g/mol. The van der Waals surface area contributed by atoms with E-state index in [-0.39, 0.29) is 0 Å². The Morgan fingerprint density at radius 2 is 1.90 bits per heavy atom. The molecule has 2 aromatic carbocycles. The van der Waals surface area contributed by atoms with E-state index in [1.165, 1.54) is 11.1 Å². The zero-order valence-electron chi connectivity index (χ0n) is 11.4. The lowest BCUT2D eigenvalue weighted by Crippen LogP contribution is -2.16. The average Bonchev–Trinajstić information content (AvgIpc) is 2.94. The van der Waals surface area contributed by atoms with E-state index in [4.69, 9.17) is 21.1 Å². The third-order valence-corrected chi connectivity index (χ3v) is 4.16. The predicted octanol–water partition coefficient (Wildman–Crippen LogP) is 4.16. The lowest BCUT2D eigenvalue weighted by molar-refractivity contribution is 0.173. The Labute approximate surface area is 137 Å². The molecule has 21 heavy (non-hydrogen) atoms. The molecule has 0 amide bonds. The minimum atomic E-state index is 0.293. The number of benzene rings is 2. The van der Waals surface area contributed by atoms with Crippen LogP contribution in [0.25, 0.3) is 0 Å². The van der Waals surface area contributed by atoms with Gasteiger partial charge in [-0.1, -0.05) is 23.7 Å². The highest BCUT2D eigenvalue weighted by Gasteiger charge is 2.17. The number of halogens is 2. The van der Waals surface area contributed by atoms with Crippen LogP contribution in [0.15, 0.2) is 40.9 Å². The van der Waals surface area contributed by atoms with Crippen LogP contribution in [0.1, 0.15) is 11.1 Å². The summed E-state index contributed by atoms with van der Waals surface area (Å²) in [6.07, 6.45) is 0.975. The van der Waals surface area contributed by atoms with E-state index in [1.54, 1.807) is 0 Å². The number of hydrogen-bond acceptors (Lipinski definition) is 3. The molecule has 3 nitrogen and oxygen atoms in total. The largest absolute Gasteiger partial charge is 0.454 e. The maximum atomic E-state index is 5.87. The van der Waals surface area contributed by atoms with Gasteiger partial charge in [0.15, 0.2) is 11.5 Å². The fourth-order valence-corrected chi connectivity index (χ4v) is 2.97. The summed E-state index contributed by atoms with van der Waals surface area (Å²) in [4.78, 5) is 0. The molecule has 0 saturated heterocycles. The zero-order chi connectivity index (χ0) is 14.7. The van der Waals surface area contributed by atoms with Gasteiger partial charge in [-0.15, -0.1) is 0 Å². The van der Waals surface area contributed by atoms with Crippen LogP contribution in [0.5, 0.6) is 11.5 Å². The number of fused-ring (bicyclic) bond motifs is 1. The van der Waals surface area contributed by atoms with Gasteiger partial charge in [0, 0.05) is 11.6 Å². The molecule has 0 aromatic heterocycles. The zero-order valence-corrected chi connectivity index (χ0v) is 13.7. The molecular formula is C16H15BrClNO2. The van der Waals surface area contributed by atoms with Gasteiger partial charge in [0.05, 0.1) is 4.47 Å². The highest BCUT2D eigenvalue weighted by molar-refractivity contribution is 9.10. The van der Waals surface area contributed by atoms with E-state index < -0.39 is 0 Å². The first-order valence-corrected chi connectivity index (χ1v) is 7.92. The van der Waals surface area contributed by atoms with Crippen molar-refractivity contribution in [2.75, 3.05) is 13.3 Å². The Balaban J connectivity index is 1.52. The van der Waals surface area contributed by atoms with Gasteiger partial charge in [0.1, 0.15) is 0 Å². The second-order valence-electron chi connectivity index (χ2n) is 4.86. The average molecular weight is 369 g/mol. The number of nitrogens with one attached hydrogen (secondary N) is 1. The highest BCUT2D eigenvalue weighted by atomic mass is 79.9. The topological polar surface area (TPSA) is 30.5 Å². The van der Waals surface area contributed by atoms with E-state index in [2.05, 4.69) is 39.4 Å². The Hall–Kier alpha value is -1.23. The molecule has 0 aliphatic carbocycles. The Morgan fingerprint density at radius 1 is 1.10 bits per heavy atom. The minimum Gasteiger partial charge on any atom is -0.454 e. The summed E-state index contributed by atoms with van der Waals surface area (Å²) in [5.41, 5.74) is 2.45. The summed E-state index contributed by atoms with van der Waals surface area (Å²) < 4.78 is 11.7. The van der Waals surface area contributed by atoms with Crippen molar-refractivity contribution < 1.29 is 9.47 Å². The second-order valence-corrected chi connectivity index (χ2v) is 6.16. The van der Waals surface area contributed by atoms with Crippen LogP contribution in [-0.2, 0) is 13.0 Å². The van der Waals surface area contributed by atoms with Gasteiger partial charge in [-0.05, 0) is 64.3 Å². The van der Waals surface area contributed by atoms with Crippen molar-refractivity contribution in [3.05, 3.63) is 57.0 Å². The fraction of sp³-hybridized carbons (Fsp3) is 0.250. The first-order chi connectivity index (χ1) is 10.2. The van der Waals surface area contributed by atoms with Crippen LogP contribution in [0, 0.1) is 0 Å². The molecule has 1 aliphatic rings. The van der Waals surface area contributed by atoms with Crippen LogP contribution >= 0.6 is 27.5 Å². The van der Waals surface area contributed by atoms with Gasteiger partial charge in [-0.25, -0.2) is 0 Å². The molecule has 0 atom stereocenters. The van der Waals surface area contributed by atoms with Gasteiger partial charge < -0.3 is 14.8 Å². The van der Waals surface area contributed by atoms with Gasteiger partial charge in [0.25, 0.3) is 0 Å².